The first-order chi connectivity index (χ1) is 15.8. The van der Waals surface area contributed by atoms with Gasteiger partial charge in [-0.1, -0.05) is 150 Å². The first-order valence-electron chi connectivity index (χ1n) is 11.7. The van der Waals surface area contributed by atoms with E-state index in [1.54, 1.807) is 15.6 Å². The van der Waals surface area contributed by atoms with Crippen molar-refractivity contribution >= 4 is 44.0 Å². The summed E-state index contributed by atoms with van der Waals surface area (Å²) in [6.07, 6.45) is 0. The highest BCUT2D eigenvalue weighted by atomic mass is 29.6. The van der Waals surface area contributed by atoms with Gasteiger partial charge in [-0.05, 0) is 11.2 Å². The van der Waals surface area contributed by atoms with Crippen LogP contribution in [0, 0.1) is 0 Å². The lowest BCUT2D eigenvalue weighted by Gasteiger charge is -2.55. The molecule has 1 nitrogen and oxygen atoms in total. The maximum Gasteiger partial charge on any atom is 0.198 e. The molecule has 4 aromatic carbocycles. The predicted molar refractivity (Wildman–Crippen MR) is 144 cm³/mol. The molecule has 0 amide bonds. The van der Waals surface area contributed by atoms with Gasteiger partial charge in [0.15, 0.2) is 8.56 Å². The van der Waals surface area contributed by atoms with E-state index in [1.807, 2.05) is 0 Å². The number of hydrogen-bond acceptors (Lipinski definition) is 1. The molecule has 0 aliphatic carbocycles. The fourth-order valence-corrected chi connectivity index (χ4v) is 43.7. The minimum absolute atomic E-state index is 0.878. The van der Waals surface area contributed by atoms with Crippen molar-refractivity contribution in [1.82, 2.24) is 0 Å². The van der Waals surface area contributed by atoms with Crippen LogP contribution in [0.25, 0.3) is 0 Å². The third-order valence-corrected chi connectivity index (χ3v) is 39.7. The quantitative estimate of drug-likeness (QED) is 0.410. The minimum atomic E-state index is -2.13. The van der Waals surface area contributed by atoms with Gasteiger partial charge in [0.2, 0.25) is 0 Å². The third-order valence-electron chi connectivity index (χ3n) is 7.45. The molecule has 0 aromatic heterocycles. The molecule has 1 fully saturated rings. The molecule has 1 aliphatic rings. The number of rotatable bonds is 5. The SMILES string of the molecule is CC[Si]1(c2ccccc2)[SiH](c2ccccc2)OCC[Si]1(c1ccccc1)c1ccccc1. The van der Waals surface area contributed by atoms with E-state index in [0.29, 0.717) is 0 Å². The average Bonchev–Trinajstić information content (AvgIpc) is 2.90. The molecule has 5 rings (SSSR count). The molecule has 2 atom stereocenters. The van der Waals surface area contributed by atoms with Gasteiger partial charge in [0.1, 0.15) is 14.7 Å². The number of hydrogen-bond donors (Lipinski definition) is 0. The molecule has 0 radical (unpaired) electrons. The predicted octanol–water partition coefficient (Wildman–Crippen LogP) is 3.44. The Kier molecular flexibility index (Phi) is 6.11. The first-order valence-corrected chi connectivity index (χ1v) is 19.9. The molecule has 0 N–H and O–H groups in total. The first kappa shape index (κ1) is 21.3. The molecule has 0 spiro atoms. The van der Waals surface area contributed by atoms with Crippen LogP contribution in [0.3, 0.4) is 0 Å². The van der Waals surface area contributed by atoms with Gasteiger partial charge < -0.3 is 4.43 Å². The van der Waals surface area contributed by atoms with Crippen LogP contribution in [0.1, 0.15) is 6.92 Å². The van der Waals surface area contributed by atoms with Gasteiger partial charge >= 0.3 is 0 Å². The summed E-state index contributed by atoms with van der Waals surface area (Å²) in [6, 6.07) is 48.2. The summed E-state index contributed by atoms with van der Waals surface area (Å²) in [7, 11) is -5.96. The Balaban J connectivity index is 1.89. The summed E-state index contributed by atoms with van der Waals surface area (Å²) < 4.78 is 6.96. The van der Waals surface area contributed by atoms with Crippen LogP contribution < -0.4 is 20.7 Å². The molecule has 0 saturated carbocycles. The molecule has 32 heavy (non-hydrogen) atoms. The van der Waals surface area contributed by atoms with Crippen molar-refractivity contribution in [2.75, 3.05) is 6.61 Å². The third kappa shape index (κ3) is 3.30. The maximum absolute atomic E-state index is 6.96. The minimum Gasteiger partial charge on any atom is -0.418 e. The fraction of sp³-hybridized carbons (Fsp3) is 0.143. The van der Waals surface area contributed by atoms with Crippen molar-refractivity contribution in [2.45, 2.75) is 19.0 Å². The molecule has 4 heteroatoms. The zero-order valence-corrected chi connectivity index (χ0v) is 21.8. The van der Waals surface area contributed by atoms with Crippen LogP contribution in [-0.4, -0.2) is 29.9 Å². The van der Waals surface area contributed by atoms with Crippen molar-refractivity contribution in [1.29, 1.82) is 0 Å². The second-order valence-electron chi connectivity index (χ2n) is 8.74. The monoisotopic (exact) mass is 466 g/mol. The molecular formula is C28H30OSi3. The highest BCUT2D eigenvalue weighted by molar-refractivity contribution is 7.75. The van der Waals surface area contributed by atoms with Crippen LogP contribution in [0.5, 0.6) is 0 Å². The van der Waals surface area contributed by atoms with E-state index in [9.17, 15) is 0 Å². The van der Waals surface area contributed by atoms with Gasteiger partial charge in [-0.2, -0.15) is 0 Å². The van der Waals surface area contributed by atoms with E-state index in [1.165, 1.54) is 17.3 Å². The Morgan fingerprint density at radius 1 is 0.625 bits per heavy atom. The molecular weight excluding hydrogens is 437 g/mol. The van der Waals surface area contributed by atoms with Crippen LogP contribution in [0.15, 0.2) is 121 Å². The summed E-state index contributed by atoms with van der Waals surface area (Å²) in [5, 5.41) is 6.27. The Morgan fingerprint density at radius 3 is 1.53 bits per heavy atom. The van der Waals surface area contributed by atoms with Gasteiger partial charge in [-0.25, -0.2) is 0 Å². The number of benzene rings is 4. The molecule has 1 heterocycles. The van der Waals surface area contributed by atoms with E-state index in [0.717, 1.165) is 6.61 Å². The van der Waals surface area contributed by atoms with Crippen LogP contribution in [0.2, 0.25) is 12.1 Å². The Labute approximate surface area is 195 Å². The van der Waals surface area contributed by atoms with Gasteiger partial charge in [0.05, 0.1) is 0 Å². The lowest BCUT2D eigenvalue weighted by Crippen LogP contribution is -2.90. The van der Waals surface area contributed by atoms with Gasteiger partial charge in [0, 0.05) is 6.61 Å². The zero-order chi connectivity index (χ0) is 21.9. The fourth-order valence-electron chi connectivity index (χ4n) is 6.17. The smallest absolute Gasteiger partial charge is 0.198 e. The van der Waals surface area contributed by atoms with Crippen molar-refractivity contribution < 1.29 is 4.43 Å². The van der Waals surface area contributed by atoms with E-state index in [4.69, 9.17) is 4.43 Å². The highest BCUT2D eigenvalue weighted by Crippen LogP contribution is 2.33. The van der Waals surface area contributed by atoms with E-state index in [2.05, 4.69) is 128 Å². The molecule has 0 bridgehead atoms. The van der Waals surface area contributed by atoms with Crippen molar-refractivity contribution in [2.24, 2.45) is 0 Å². The molecule has 1 saturated heterocycles. The van der Waals surface area contributed by atoms with Gasteiger partial charge in [-0.15, -0.1) is 0 Å². The summed E-state index contributed by atoms with van der Waals surface area (Å²) in [5.41, 5.74) is 0. The Hall–Kier alpha value is -2.51. The summed E-state index contributed by atoms with van der Waals surface area (Å²) in [6.45, 7) is 3.34. The van der Waals surface area contributed by atoms with E-state index >= 15 is 0 Å². The lowest BCUT2D eigenvalue weighted by atomic mass is 10.4. The van der Waals surface area contributed by atoms with Gasteiger partial charge in [0.25, 0.3) is 0 Å². The Morgan fingerprint density at radius 2 is 1.06 bits per heavy atom. The average molecular weight is 467 g/mol. The second-order valence-corrected chi connectivity index (χ2v) is 28.7. The van der Waals surface area contributed by atoms with Gasteiger partial charge in [-0.3, -0.25) is 0 Å². The topological polar surface area (TPSA) is 9.23 Å². The Bertz CT molecular complexity index is 1100. The van der Waals surface area contributed by atoms with Crippen molar-refractivity contribution in [3.8, 4) is 0 Å². The van der Waals surface area contributed by atoms with Crippen LogP contribution >= 0.6 is 0 Å². The second kappa shape index (κ2) is 9.16. The highest BCUT2D eigenvalue weighted by Gasteiger charge is 2.64. The van der Waals surface area contributed by atoms with Crippen LogP contribution in [0.4, 0.5) is 0 Å². The standard InChI is InChI=1S/C28H30OSi3/c1-2-32(28-21-13-6-14-22-28)30(25-15-7-3-8-16-25)29-23-24-31(32,26-17-9-4-10-18-26)27-19-11-5-12-20-27/h3-22,30H,2,23-24H2,1H3. The van der Waals surface area contributed by atoms with E-state index in [-0.39, 0.29) is 0 Å². The molecule has 4 aromatic rings. The summed E-state index contributed by atoms with van der Waals surface area (Å²) in [5.74, 6) is 0. The summed E-state index contributed by atoms with van der Waals surface area (Å²) >= 11 is 0. The molecule has 160 valence electrons. The zero-order valence-electron chi connectivity index (χ0n) is 18.7. The summed E-state index contributed by atoms with van der Waals surface area (Å²) in [4.78, 5) is 0. The van der Waals surface area contributed by atoms with E-state index < -0.39 is 23.3 Å². The van der Waals surface area contributed by atoms with Crippen molar-refractivity contribution in [3.05, 3.63) is 121 Å². The lowest BCUT2D eigenvalue weighted by molar-refractivity contribution is 0.355. The maximum atomic E-state index is 6.96. The van der Waals surface area contributed by atoms with Crippen LogP contribution in [-0.2, 0) is 4.43 Å². The van der Waals surface area contributed by atoms with Crippen molar-refractivity contribution in [3.63, 3.8) is 0 Å². The molecule has 1 aliphatic heterocycles. The molecule has 2 unspecified atom stereocenters. The largest absolute Gasteiger partial charge is 0.418 e. The normalized spacial score (nSPS) is 22.3.